The summed E-state index contributed by atoms with van der Waals surface area (Å²) < 4.78 is 14.2. The molecule has 0 saturated heterocycles. The first kappa shape index (κ1) is 13.4. The van der Waals surface area contributed by atoms with E-state index in [4.69, 9.17) is 17.3 Å². The Labute approximate surface area is 123 Å². The summed E-state index contributed by atoms with van der Waals surface area (Å²) in [5.74, 6) is -0.294. The van der Waals surface area contributed by atoms with Gasteiger partial charge in [0.05, 0.1) is 6.04 Å². The lowest BCUT2D eigenvalue weighted by atomic mass is 10.0. The number of hydrogen-bond acceptors (Lipinski definition) is 2. The molecule has 0 saturated carbocycles. The van der Waals surface area contributed by atoms with Crippen LogP contribution in [0, 0.1) is 5.82 Å². The van der Waals surface area contributed by atoms with Crippen molar-refractivity contribution in [2.24, 2.45) is 5.73 Å². The maximum atomic E-state index is 14.2. The third-order valence-electron chi connectivity index (χ3n) is 3.86. The molecule has 2 nitrogen and oxygen atoms in total. The van der Waals surface area contributed by atoms with Crippen molar-refractivity contribution in [2.75, 3.05) is 18.0 Å². The third kappa shape index (κ3) is 2.17. The Kier molecular flexibility index (Phi) is 3.64. The van der Waals surface area contributed by atoms with Gasteiger partial charge in [0.25, 0.3) is 0 Å². The molecule has 0 fully saturated rings. The van der Waals surface area contributed by atoms with Crippen LogP contribution in [0.2, 0.25) is 5.02 Å². The van der Waals surface area contributed by atoms with E-state index < -0.39 is 0 Å². The van der Waals surface area contributed by atoms with Crippen LogP contribution in [0.3, 0.4) is 0 Å². The van der Waals surface area contributed by atoms with Crippen molar-refractivity contribution in [3.8, 4) is 0 Å². The van der Waals surface area contributed by atoms with Gasteiger partial charge < -0.3 is 10.6 Å². The van der Waals surface area contributed by atoms with Crippen molar-refractivity contribution in [1.82, 2.24) is 0 Å². The van der Waals surface area contributed by atoms with E-state index in [1.165, 1.54) is 11.6 Å². The summed E-state index contributed by atoms with van der Waals surface area (Å²) in [6, 6.07) is 12.7. The lowest BCUT2D eigenvalue weighted by molar-refractivity contribution is 0.564. The Balaban J connectivity index is 2.04. The summed E-state index contributed by atoms with van der Waals surface area (Å²) in [6.07, 6.45) is 0.957. The van der Waals surface area contributed by atoms with Crippen LogP contribution in [0.15, 0.2) is 42.5 Å². The van der Waals surface area contributed by atoms with Crippen LogP contribution in [0.4, 0.5) is 10.1 Å². The zero-order chi connectivity index (χ0) is 14.1. The number of benzene rings is 2. The maximum absolute atomic E-state index is 14.2. The monoisotopic (exact) mass is 290 g/mol. The number of nitrogens with two attached hydrogens (primary N) is 1. The highest BCUT2D eigenvalue weighted by Crippen LogP contribution is 2.37. The van der Waals surface area contributed by atoms with Gasteiger partial charge in [-0.3, -0.25) is 0 Å². The van der Waals surface area contributed by atoms with Gasteiger partial charge in [-0.15, -0.1) is 0 Å². The van der Waals surface area contributed by atoms with E-state index in [0.29, 0.717) is 17.1 Å². The minimum atomic E-state index is -0.294. The third-order valence-corrected chi connectivity index (χ3v) is 4.19. The van der Waals surface area contributed by atoms with E-state index in [2.05, 4.69) is 17.0 Å². The van der Waals surface area contributed by atoms with E-state index in [-0.39, 0.29) is 11.9 Å². The van der Waals surface area contributed by atoms with Gasteiger partial charge in [-0.05, 0) is 30.2 Å². The molecule has 1 unspecified atom stereocenters. The number of rotatable bonds is 3. The molecule has 0 spiro atoms. The van der Waals surface area contributed by atoms with E-state index in [0.717, 1.165) is 18.7 Å². The summed E-state index contributed by atoms with van der Waals surface area (Å²) in [7, 11) is 0. The minimum Gasteiger partial charge on any atom is -0.362 e. The Hall–Kier alpha value is -1.58. The molecule has 0 bridgehead atoms. The molecule has 20 heavy (non-hydrogen) atoms. The Morgan fingerprint density at radius 3 is 2.75 bits per heavy atom. The SMILES string of the molecule is NCC(c1c(F)cccc1Cl)N1CCc2ccccc21. The lowest BCUT2D eigenvalue weighted by Crippen LogP contribution is -2.33. The molecule has 2 N–H and O–H groups in total. The number of halogens is 2. The Morgan fingerprint density at radius 2 is 2.00 bits per heavy atom. The molecule has 1 atom stereocenters. The summed E-state index contributed by atoms with van der Waals surface area (Å²) in [5, 5.41) is 0.435. The molecule has 104 valence electrons. The average molecular weight is 291 g/mol. The molecule has 0 amide bonds. The standard InChI is InChI=1S/C16H16ClFN2/c17-12-5-3-6-13(18)16(12)15(10-19)20-9-8-11-4-1-2-7-14(11)20/h1-7,15H,8-10,19H2. The van der Waals surface area contributed by atoms with Crippen LogP contribution < -0.4 is 10.6 Å². The number of nitrogens with zero attached hydrogens (tertiary/aromatic N) is 1. The first-order valence-corrected chi connectivity index (χ1v) is 7.08. The van der Waals surface area contributed by atoms with Gasteiger partial charge in [-0.2, -0.15) is 0 Å². The smallest absolute Gasteiger partial charge is 0.130 e. The molecule has 0 radical (unpaired) electrons. The molecule has 3 rings (SSSR count). The molecule has 1 heterocycles. The van der Waals surface area contributed by atoms with Gasteiger partial charge >= 0.3 is 0 Å². The highest BCUT2D eigenvalue weighted by molar-refractivity contribution is 6.31. The normalized spacial score (nSPS) is 15.2. The number of hydrogen-bond donors (Lipinski definition) is 1. The second-order valence-corrected chi connectivity index (χ2v) is 5.37. The number of anilines is 1. The highest BCUT2D eigenvalue weighted by Gasteiger charge is 2.29. The Bertz CT molecular complexity index is 609. The van der Waals surface area contributed by atoms with Crippen LogP contribution >= 0.6 is 11.6 Å². The van der Waals surface area contributed by atoms with Crippen molar-refractivity contribution in [3.63, 3.8) is 0 Å². The quantitative estimate of drug-likeness (QED) is 0.937. The van der Waals surface area contributed by atoms with E-state index in [1.54, 1.807) is 12.1 Å². The van der Waals surface area contributed by atoms with Gasteiger partial charge in [0.1, 0.15) is 5.82 Å². The van der Waals surface area contributed by atoms with Crippen molar-refractivity contribution < 1.29 is 4.39 Å². The van der Waals surface area contributed by atoms with Gasteiger partial charge in [-0.1, -0.05) is 35.9 Å². The number of fused-ring (bicyclic) bond motifs is 1. The average Bonchev–Trinajstić information content (AvgIpc) is 2.87. The maximum Gasteiger partial charge on any atom is 0.130 e. The van der Waals surface area contributed by atoms with Crippen molar-refractivity contribution in [3.05, 3.63) is 64.4 Å². The zero-order valence-electron chi connectivity index (χ0n) is 11.0. The van der Waals surface area contributed by atoms with Crippen molar-refractivity contribution in [2.45, 2.75) is 12.5 Å². The summed E-state index contributed by atoms with van der Waals surface area (Å²) in [4.78, 5) is 2.15. The van der Waals surface area contributed by atoms with Crippen molar-refractivity contribution >= 4 is 17.3 Å². The first-order valence-electron chi connectivity index (χ1n) is 6.71. The van der Waals surface area contributed by atoms with Crippen LogP contribution in [0.5, 0.6) is 0 Å². The summed E-state index contributed by atoms with van der Waals surface area (Å²) in [5.41, 5.74) is 8.81. The molecular formula is C16H16ClFN2. The Morgan fingerprint density at radius 1 is 1.20 bits per heavy atom. The largest absolute Gasteiger partial charge is 0.362 e. The van der Waals surface area contributed by atoms with Gasteiger partial charge in [0.2, 0.25) is 0 Å². The summed E-state index contributed by atoms with van der Waals surface area (Å²) in [6.45, 7) is 1.17. The van der Waals surface area contributed by atoms with Gasteiger partial charge in [0.15, 0.2) is 0 Å². The van der Waals surface area contributed by atoms with Crippen LogP contribution in [0.25, 0.3) is 0 Å². The molecular weight excluding hydrogens is 275 g/mol. The molecule has 2 aromatic rings. The highest BCUT2D eigenvalue weighted by atomic mass is 35.5. The van der Waals surface area contributed by atoms with Crippen molar-refractivity contribution in [1.29, 1.82) is 0 Å². The van der Waals surface area contributed by atoms with Crippen LogP contribution in [-0.2, 0) is 6.42 Å². The zero-order valence-corrected chi connectivity index (χ0v) is 11.8. The van der Waals surface area contributed by atoms with Crippen LogP contribution in [-0.4, -0.2) is 13.1 Å². The predicted molar refractivity (Wildman–Crippen MR) is 80.7 cm³/mol. The summed E-state index contributed by atoms with van der Waals surface area (Å²) >= 11 is 6.19. The fraction of sp³-hybridized carbons (Fsp3) is 0.250. The van der Waals surface area contributed by atoms with E-state index in [9.17, 15) is 4.39 Å². The second-order valence-electron chi connectivity index (χ2n) is 4.96. The molecule has 0 aliphatic carbocycles. The predicted octanol–water partition coefficient (Wildman–Crippen LogP) is 3.54. The number of para-hydroxylation sites is 1. The lowest BCUT2D eigenvalue weighted by Gasteiger charge is -2.30. The van der Waals surface area contributed by atoms with Gasteiger partial charge in [-0.25, -0.2) is 4.39 Å². The molecule has 1 aliphatic heterocycles. The van der Waals surface area contributed by atoms with Gasteiger partial charge in [0, 0.05) is 29.4 Å². The van der Waals surface area contributed by atoms with E-state index >= 15 is 0 Å². The fourth-order valence-electron chi connectivity index (χ4n) is 2.92. The first-order chi connectivity index (χ1) is 9.72. The minimum absolute atomic E-state index is 0.229. The molecule has 0 aromatic heterocycles. The van der Waals surface area contributed by atoms with E-state index in [1.807, 2.05) is 12.1 Å². The molecule has 2 aromatic carbocycles. The van der Waals surface area contributed by atoms with Crippen LogP contribution in [0.1, 0.15) is 17.2 Å². The fourth-order valence-corrected chi connectivity index (χ4v) is 3.21. The molecule has 4 heteroatoms. The molecule has 1 aliphatic rings. The topological polar surface area (TPSA) is 29.3 Å². The second kappa shape index (κ2) is 5.43.